The van der Waals surface area contributed by atoms with Crippen LogP contribution in [0.1, 0.15) is 34.7 Å². The highest BCUT2D eigenvalue weighted by molar-refractivity contribution is 5.91. The first-order chi connectivity index (χ1) is 13.0. The Morgan fingerprint density at radius 2 is 1.85 bits per heavy atom. The minimum absolute atomic E-state index is 0.0753. The average molecular weight is 370 g/mol. The predicted octanol–water partition coefficient (Wildman–Crippen LogP) is 3.77. The van der Waals surface area contributed by atoms with E-state index in [2.05, 4.69) is 10.8 Å². The Labute approximate surface area is 157 Å². The number of hydrogen-bond acceptors (Lipinski definition) is 6. The first-order valence-electron chi connectivity index (χ1n) is 8.79. The molecule has 0 saturated carbocycles. The van der Waals surface area contributed by atoms with E-state index < -0.39 is 10.9 Å². The van der Waals surface area contributed by atoms with Gasteiger partial charge in [-0.15, -0.1) is 0 Å². The summed E-state index contributed by atoms with van der Waals surface area (Å²) in [5, 5.41) is 11.5. The molecule has 2 aromatic rings. The van der Waals surface area contributed by atoms with Gasteiger partial charge in [-0.25, -0.2) is 4.79 Å². The Balaban J connectivity index is 1.79. The summed E-state index contributed by atoms with van der Waals surface area (Å²) in [5.74, 6) is 0.648. The molecule has 0 amide bonds. The number of benzene rings is 2. The molecule has 0 N–H and O–H groups in total. The van der Waals surface area contributed by atoms with E-state index in [0.29, 0.717) is 24.7 Å². The van der Waals surface area contributed by atoms with Crippen LogP contribution in [0.5, 0.6) is 5.75 Å². The van der Waals surface area contributed by atoms with Crippen molar-refractivity contribution in [3.8, 4) is 5.75 Å². The highest BCUT2D eigenvalue weighted by Gasteiger charge is 2.27. The Hall–Kier alpha value is -3.09. The lowest BCUT2D eigenvalue weighted by Crippen LogP contribution is -2.33. The number of carbonyl (C=O) groups is 1. The summed E-state index contributed by atoms with van der Waals surface area (Å²) < 4.78 is 10.1. The van der Waals surface area contributed by atoms with Gasteiger partial charge in [0.25, 0.3) is 5.69 Å². The Bertz CT molecular complexity index is 844. The summed E-state index contributed by atoms with van der Waals surface area (Å²) in [6.07, 6.45) is 1.74. The number of nitro benzene ring substituents is 1. The van der Waals surface area contributed by atoms with E-state index >= 15 is 0 Å². The molecular formula is C20H22N2O5. The van der Waals surface area contributed by atoms with Crippen molar-refractivity contribution >= 4 is 17.3 Å². The second-order valence-electron chi connectivity index (χ2n) is 6.46. The SMILES string of the molecule is COC(=O)c1ccc(N2CCC(c3ccccc3OC)CC2)c([N+](=O)[O-])c1. The van der Waals surface area contributed by atoms with Crippen LogP contribution < -0.4 is 9.64 Å². The minimum Gasteiger partial charge on any atom is -0.496 e. The molecular weight excluding hydrogens is 348 g/mol. The van der Waals surface area contributed by atoms with Gasteiger partial charge in [0.1, 0.15) is 11.4 Å². The Morgan fingerprint density at radius 1 is 1.15 bits per heavy atom. The molecule has 0 unspecified atom stereocenters. The second-order valence-corrected chi connectivity index (χ2v) is 6.46. The van der Waals surface area contributed by atoms with Gasteiger partial charge in [0.05, 0.1) is 24.7 Å². The minimum atomic E-state index is -0.584. The van der Waals surface area contributed by atoms with E-state index in [0.717, 1.165) is 18.6 Å². The van der Waals surface area contributed by atoms with E-state index in [1.807, 2.05) is 23.1 Å². The highest BCUT2D eigenvalue weighted by atomic mass is 16.6. The van der Waals surface area contributed by atoms with Crippen LogP contribution in [-0.2, 0) is 4.74 Å². The van der Waals surface area contributed by atoms with Gasteiger partial charge < -0.3 is 14.4 Å². The Morgan fingerprint density at radius 3 is 2.48 bits per heavy atom. The third-order valence-electron chi connectivity index (χ3n) is 5.01. The van der Waals surface area contributed by atoms with Gasteiger partial charge in [-0.1, -0.05) is 18.2 Å². The van der Waals surface area contributed by atoms with Crippen molar-refractivity contribution in [1.29, 1.82) is 0 Å². The maximum absolute atomic E-state index is 11.7. The van der Waals surface area contributed by atoms with Gasteiger partial charge in [-0.3, -0.25) is 10.1 Å². The van der Waals surface area contributed by atoms with E-state index in [1.165, 1.54) is 18.7 Å². The smallest absolute Gasteiger partial charge is 0.338 e. The number of nitro groups is 1. The van der Waals surface area contributed by atoms with Gasteiger partial charge in [0.15, 0.2) is 0 Å². The third-order valence-corrected chi connectivity index (χ3v) is 5.01. The lowest BCUT2D eigenvalue weighted by molar-refractivity contribution is -0.384. The fourth-order valence-electron chi connectivity index (χ4n) is 3.62. The summed E-state index contributed by atoms with van der Waals surface area (Å²) >= 11 is 0. The van der Waals surface area contributed by atoms with Crippen LogP contribution in [-0.4, -0.2) is 38.2 Å². The van der Waals surface area contributed by atoms with Crippen molar-refractivity contribution in [3.05, 3.63) is 63.7 Å². The molecule has 0 bridgehead atoms. The molecule has 7 heteroatoms. The van der Waals surface area contributed by atoms with Crippen LogP contribution in [0, 0.1) is 10.1 Å². The zero-order valence-corrected chi connectivity index (χ0v) is 15.4. The number of piperidine rings is 1. The zero-order valence-electron chi connectivity index (χ0n) is 15.4. The number of hydrogen-bond donors (Lipinski definition) is 0. The zero-order chi connectivity index (χ0) is 19.4. The summed E-state index contributed by atoms with van der Waals surface area (Å²) in [6.45, 7) is 1.39. The number of ether oxygens (including phenoxy) is 2. The molecule has 1 saturated heterocycles. The molecule has 1 heterocycles. The quantitative estimate of drug-likeness (QED) is 0.453. The van der Waals surface area contributed by atoms with Crippen molar-refractivity contribution in [2.75, 3.05) is 32.2 Å². The molecule has 0 aromatic heterocycles. The maximum Gasteiger partial charge on any atom is 0.338 e. The predicted molar refractivity (Wildman–Crippen MR) is 102 cm³/mol. The topological polar surface area (TPSA) is 81.9 Å². The van der Waals surface area contributed by atoms with Gasteiger partial charge in [-0.05, 0) is 42.5 Å². The van der Waals surface area contributed by atoms with Gasteiger partial charge >= 0.3 is 5.97 Å². The molecule has 0 atom stereocenters. The summed E-state index contributed by atoms with van der Waals surface area (Å²) in [6, 6.07) is 12.5. The maximum atomic E-state index is 11.7. The number of esters is 1. The largest absolute Gasteiger partial charge is 0.496 e. The van der Waals surface area contributed by atoms with Gasteiger partial charge in [0, 0.05) is 19.2 Å². The first-order valence-corrected chi connectivity index (χ1v) is 8.79. The lowest BCUT2D eigenvalue weighted by atomic mass is 9.88. The standard InChI is InChI=1S/C20H22N2O5/c1-26-19-6-4-3-5-16(19)14-9-11-21(12-10-14)17-8-7-15(20(23)27-2)13-18(17)22(24)25/h3-8,13-14H,9-12H2,1-2H3. The van der Waals surface area contributed by atoms with Gasteiger partial charge in [0.2, 0.25) is 0 Å². The molecule has 27 heavy (non-hydrogen) atoms. The fraction of sp³-hybridized carbons (Fsp3) is 0.350. The van der Waals surface area contributed by atoms with Crippen molar-refractivity contribution in [3.63, 3.8) is 0 Å². The summed E-state index contributed by atoms with van der Waals surface area (Å²) in [7, 11) is 2.92. The highest BCUT2D eigenvalue weighted by Crippen LogP contribution is 2.37. The number of rotatable bonds is 5. The number of anilines is 1. The number of methoxy groups -OCH3 is 2. The molecule has 0 spiro atoms. The van der Waals surface area contributed by atoms with Crippen LogP contribution in [0.4, 0.5) is 11.4 Å². The lowest BCUT2D eigenvalue weighted by Gasteiger charge is -2.34. The summed E-state index contributed by atoms with van der Waals surface area (Å²) in [4.78, 5) is 24.7. The normalized spacial score (nSPS) is 14.7. The first kappa shape index (κ1) is 18.7. The van der Waals surface area contributed by atoms with Crippen molar-refractivity contribution < 1.29 is 19.2 Å². The molecule has 7 nitrogen and oxygen atoms in total. The molecule has 0 radical (unpaired) electrons. The van der Waals surface area contributed by atoms with Crippen LogP contribution >= 0.6 is 0 Å². The van der Waals surface area contributed by atoms with Crippen molar-refractivity contribution in [1.82, 2.24) is 0 Å². The van der Waals surface area contributed by atoms with Crippen LogP contribution in [0.3, 0.4) is 0 Å². The molecule has 2 aromatic carbocycles. The Kier molecular flexibility index (Phi) is 5.59. The van der Waals surface area contributed by atoms with E-state index in [-0.39, 0.29) is 11.3 Å². The second kappa shape index (κ2) is 8.07. The number of para-hydroxylation sites is 1. The molecule has 1 fully saturated rings. The average Bonchev–Trinajstić information content (AvgIpc) is 2.72. The molecule has 1 aliphatic rings. The third kappa shape index (κ3) is 3.86. The van der Waals surface area contributed by atoms with Crippen molar-refractivity contribution in [2.24, 2.45) is 0 Å². The fourth-order valence-corrected chi connectivity index (χ4v) is 3.62. The number of carbonyl (C=O) groups excluding carboxylic acids is 1. The van der Waals surface area contributed by atoms with Crippen LogP contribution in [0.25, 0.3) is 0 Å². The monoisotopic (exact) mass is 370 g/mol. The van der Waals surface area contributed by atoms with Gasteiger partial charge in [-0.2, -0.15) is 0 Å². The van der Waals surface area contributed by atoms with E-state index in [9.17, 15) is 14.9 Å². The van der Waals surface area contributed by atoms with E-state index in [1.54, 1.807) is 19.2 Å². The van der Waals surface area contributed by atoms with E-state index in [4.69, 9.17) is 4.74 Å². The molecule has 0 aliphatic carbocycles. The van der Waals surface area contributed by atoms with Crippen LogP contribution in [0.15, 0.2) is 42.5 Å². The molecule has 3 rings (SSSR count). The van der Waals surface area contributed by atoms with Crippen LogP contribution in [0.2, 0.25) is 0 Å². The molecule has 142 valence electrons. The summed E-state index contributed by atoms with van der Waals surface area (Å²) in [5.41, 5.74) is 1.81. The number of nitrogens with zero attached hydrogens (tertiary/aromatic N) is 2. The molecule has 1 aliphatic heterocycles. The van der Waals surface area contributed by atoms with Crippen molar-refractivity contribution in [2.45, 2.75) is 18.8 Å².